The van der Waals surface area contributed by atoms with Crippen LogP contribution in [0.3, 0.4) is 0 Å². The number of nitrogens with one attached hydrogen (secondary N) is 2. The van der Waals surface area contributed by atoms with Crippen LogP contribution in [0.15, 0.2) is 78.9 Å². The number of imide groups is 1. The molecule has 1 heterocycles. The first-order valence-electron chi connectivity index (χ1n) is 13.5. The number of ether oxygens (including phenoxy) is 3. The summed E-state index contributed by atoms with van der Waals surface area (Å²) < 4.78 is 17.1. The first-order chi connectivity index (χ1) is 20.0. The number of para-hydroxylation sites is 1. The van der Waals surface area contributed by atoms with E-state index in [1.807, 2.05) is 54.6 Å². The molecule has 3 amide bonds. The van der Waals surface area contributed by atoms with Gasteiger partial charge in [0, 0.05) is 12.2 Å². The van der Waals surface area contributed by atoms with Crippen molar-refractivity contribution < 1.29 is 33.7 Å². The molecule has 4 rings (SSSR count). The summed E-state index contributed by atoms with van der Waals surface area (Å²) in [4.78, 5) is 37.6. The molecule has 3 aromatic carbocycles. The average Bonchev–Trinajstić information content (AvgIpc) is 3.27. The Kier molecular flexibility index (Phi) is 10.3. The van der Waals surface area contributed by atoms with Crippen LogP contribution in [0.25, 0.3) is 0 Å². The van der Waals surface area contributed by atoms with Crippen molar-refractivity contribution in [1.82, 2.24) is 10.2 Å². The Morgan fingerprint density at radius 1 is 0.976 bits per heavy atom. The number of nitrogens with zero attached hydrogens (tertiary/aromatic N) is 1. The highest BCUT2D eigenvalue weighted by Crippen LogP contribution is 2.24. The number of aliphatic hydroxyl groups excluding tert-OH is 1. The van der Waals surface area contributed by atoms with Crippen LogP contribution in [-0.4, -0.2) is 64.0 Å². The molecule has 10 nitrogen and oxygen atoms in total. The van der Waals surface area contributed by atoms with Crippen molar-refractivity contribution in [3.05, 3.63) is 84.4 Å². The molecule has 42 heavy (non-hydrogen) atoms. The van der Waals surface area contributed by atoms with Gasteiger partial charge in [-0.3, -0.25) is 14.9 Å². The fourth-order valence-corrected chi connectivity index (χ4v) is 4.68. The molecule has 1 unspecified atom stereocenters. The molecular formula is C31H35N3O7S. The largest absolute Gasteiger partial charge is 0.491 e. The van der Waals surface area contributed by atoms with Crippen LogP contribution < -0.4 is 20.1 Å². The number of carbonyl (C=O) groups is 3. The Labute approximate surface area is 249 Å². The lowest BCUT2D eigenvalue weighted by molar-refractivity contribution is -0.118. The Balaban J connectivity index is 1.29. The molecule has 0 radical (unpaired) electrons. The van der Waals surface area contributed by atoms with Crippen LogP contribution in [-0.2, 0) is 16.0 Å². The van der Waals surface area contributed by atoms with Crippen LogP contribution in [0.2, 0.25) is 0 Å². The lowest BCUT2D eigenvalue weighted by Gasteiger charge is -2.29. The van der Waals surface area contributed by atoms with E-state index in [1.165, 1.54) is 4.90 Å². The molecule has 0 saturated carbocycles. The molecule has 0 aliphatic carbocycles. The van der Waals surface area contributed by atoms with Crippen LogP contribution in [0, 0.1) is 0 Å². The summed E-state index contributed by atoms with van der Waals surface area (Å²) in [5, 5.41) is 14.9. The Bertz CT molecular complexity index is 1350. The topological polar surface area (TPSA) is 126 Å². The van der Waals surface area contributed by atoms with Gasteiger partial charge in [-0.2, -0.15) is 0 Å². The molecule has 1 saturated heterocycles. The van der Waals surface area contributed by atoms with Gasteiger partial charge in [-0.25, -0.2) is 4.79 Å². The van der Waals surface area contributed by atoms with Gasteiger partial charge in [0.1, 0.15) is 35.6 Å². The van der Waals surface area contributed by atoms with Gasteiger partial charge in [-0.05, 0) is 93.0 Å². The number of thioether (sulfide) groups is 1. The van der Waals surface area contributed by atoms with Gasteiger partial charge in [0.15, 0.2) is 5.37 Å². The van der Waals surface area contributed by atoms with E-state index in [0.717, 1.165) is 23.1 Å². The van der Waals surface area contributed by atoms with E-state index in [4.69, 9.17) is 14.2 Å². The van der Waals surface area contributed by atoms with Crippen LogP contribution in [0.1, 0.15) is 26.3 Å². The van der Waals surface area contributed by atoms with Crippen molar-refractivity contribution in [3.63, 3.8) is 0 Å². The van der Waals surface area contributed by atoms with E-state index in [2.05, 4.69) is 10.6 Å². The van der Waals surface area contributed by atoms with Crippen molar-refractivity contribution in [2.75, 3.05) is 25.0 Å². The van der Waals surface area contributed by atoms with Gasteiger partial charge >= 0.3 is 6.09 Å². The fraction of sp³-hybridized carbons (Fsp3) is 0.323. The molecule has 2 atom stereocenters. The van der Waals surface area contributed by atoms with Gasteiger partial charge in [-0.15, -0.1) is 0 Å². The molecule has 0 aromatic heterocycles. The highest BCUT2D eigenvalue weighted by molar-refractivity contribution is 8.15. The molecular weight excluding hydrogens is 558 g/mol. The minimum Gasteiger partial charge on any atom is -0.491 e. The van der Waals surface area contributed by atoms with Crippen molar-refractivity contribution in [2.24, 2.45) is 0 Å². The maximum Gasteiger partial charge on any atom is 0.410 e. The zero-order chi connectivity index (χ0) is 30.1. The Morgan fingerprint density at radius 3 is 2.24 bits per heavy atom. The van der Waals surface area contributed by atoms with Gasteiger partial charge in [0.2, 0.25) is 0 Å². The van der Waals surface area contributed by atoms with Crippen LogP contribution in [0.5, 0.6) is 17.2 Å². The standard InChI is InChI=1S/C31H35N3O7S/c1-31(2,3)41-30(38)34(18-17-21-9-11-22(12-10-21)32-28-27(36)33-29(37)42-28)19-23(35)20-39-24-13-15-26(16-14-24)40-25-7-5-4-6-8-25/h4-16,23,28,32,35H,17-20H2,1-3H3,(H,33,36,37)/t23-,28?/m0/s1. The van der Waals surface area contributed by atoms with E-state index >= 15 is 0 Å². The molecule has 1 fully saturated rings. The summed E-state index contributed by atoms with van der Waals surface area (Å²) in [6, 6.07) is 23.9. The van der Waals surface area contributed by atoms with Crippen molar-refractivity contribution >= 4 is 34.7 Å². The Hall–Kier alpha value is -4.22. The van der Waals surface area contributed by atoms with Gasteiger partial charge in [-0.1, -0.05) is 30.3 Å². The third-order valence-electron chi connectivity index (χ3n) is 5.94. The van der Waals surface area contributed by atoms with Crippen LogP contribution >= 0.6 is 11.8 Å². The lowest BCUT2D eigenvalue weighted by atomic mass is 10.1. The molecule has 0 spiro atoms. The summed E-state index contributed by atoms with van der Waals surface area (Å²) >= 11 is 0.895. The van der Waals surface area contributed by atoms with Crippen LogP contribution in [0.4, 0.5) is 15.3 Å². The zero-order valence-corrected chi connectivity index (χ0v) is 24.6. The number of carbonyl (C=O) groups excluding carboxylic acids is 3. The third kappa shape index (κ3) is 9.71. The quantitative estimate of drug-likeness (QED) is 0.252. The predicted molar refractivity (Wildman–Crippen MR) is 161 cm³/mol. The SMILES string of the molecule is CC(C)(C)OC(=O)N(CCc1ccc(NC2SC(=O)NC2=O)cc1)C[C@H](O)COc1ccc(Oc2ccccc2)cc1. The van der Waals surface area contributed by atoms with Gasteiger partial charge in [0.05, 0.1) is 6.54 Å². The van der Waals surface area contributed by atoms with Crippen molar-refractivity contribution in [3.8, 4) is 17.2 Å². The number of benzene rings is 3. The maximum absolute atomic E-state index is 12.9. The fourth-order valence-electron chi connectivity index (χ4n) is 3.95. The number of rotatable bonds is 12. The summed E-state index contributed by atoms with van der Waals surface area (Å²) in [6.07, 6.45) is -0.981. The molecule has 0 bridgehead atoms. The lowest BCUT2D eigenvalue weighted by Crippen LogP contribution is -2.43. The summed E-state index contributed by atoms with van der Waals surface area (Å²) in [5.74, 6) is 1.57. The molecule has 3 aromatic rings. The monoisotopic (exact) mass is 593 g/mol. The zero-order valence-electron chi connectivity index (χ0n) is 23.7. The third-order valence-corrected chi connectivity index (χ3v) is 6.82. The second-order valence-corrected chi connectivity index (χ2v) is 11.7. The number of aliphatic hydroxyl groups is 1. The first-order valence-corrected chi connectivity index (χ1v) is 14.4. The highest BCUT2D eigenvalue weighted by atomic mass is 32.2. The smallest absolute Gasteiger partial charge is 0.410 e. The molecule has 222 valence electrons. The minimum absolute atomic E-state index is 0.0196. The van der Waals surface area contributed by atoms with Crippen molar-refractivity contribution in [2.45, 2.75) is 44.3 Å². The normalized spacial score (nSPS) is 15.5. The number of anilines is 1. The van der Waals surface area contributed by atoms with Gasteiger partial charge in [0.25, 0.3) is 11.1 Å². The van der Waals surface area contributed by atoms with E-state index in [1.54, 1.807) is 45.0 Å². The summed E-state index contributed by atoms with van der Waals surface area (Å²) in [5.41, 5.74) is 0.939. The van der Waals surface area contributed by atoms with Gasteiger partial charge < -0.3 is 29.5 Å². The van der Waals surface area contributed by atoms with E-state index in [9.17, 15) is 19.5 Å². The average molecular weight is 594 g/mol. The second-order valence-electron chi connectivity index (χ2n) is 10.6. The maximum atomic E-state index is 12.9. The first kappa shape index (κ1) is 30.7. The second kappa shape index (κ2) is 14.1. The van der Waals surface area contributed by atoms with Crippen molar-refractivity contribution in [1.29, 1.82) is 0 Å². The molecule has 3 N–H and O–H groups in total. The number of amides is 3. The minimum atomic E-state index is -0.956. The molecule has 1 aliphatic heterocycles. The summed E-state index contributed by atoms with van der Waals surface area (Å²) in [7, 11) is 0. The number of hydrogen-bond acceptors (Lipinski definition) is 9. The molecule has 1 aliphatic rings. The van der Waals surface area contributed by atoms with E-state index < -0.39 is 23.2 Å². The summed E-state index contributed by atoms with van der Waals surface area (Å²) in [6.45, 7) is 5.67. The number of hydrogen-bond donors (Lipinski definition) is 3. The Morgan fingerprint density at radius 2 is 1.62 bits per heavy atom. The highest BCUT2D eigenvalue weighted by Gasteiger charge is 2.31. The molecule has 11 heteroatoms. The van der Waals surface area contributed by atoms with E-state index in [0.29, 0.717) is 30.2 Å². The van der Waals surface area contributed by atoms with E-state index in [-0.39, 0.29) is 24.3 Å². The predicted octanol–water partition coefficient (Wildman–Crippen LogP) is 5.42.